The number of carbonyl (C=O) groups is 1. The highest BCUT2D eigenvalue weighted by Gasteiger charge is 2.30. The van der Waals surface area contributed by atoms with Crippen LogP contribution in [0.4, 0.5) is 0 Å². The molecule has 1 amide bonds. The molecule has 2 heterocycles. The smallest absolute Gasteiger partial charge is 0.240 e. The second-order valence-corrected chi connectivity index (χ2v) is 4.46. The number of hydrogen-bond donors (Lipinski definition) is 1. The summed E-state index contributed by atoms with van der Waals surface area (Å²) in [6.45, 7) is 5.15. The van der Waals surface area contributed by atoms with Gasteiger partial charge in [0.15, 0.2) is 0 Å². The van der Waals surface area contributed by atoms with Crippen LogP contribution in [0.25, 0.3) is 0 Å². The van der Waals surface area contributed by atoms with E-state index in [4.69, 9.17) is 4.74 Å². The minimum absolute atomic E-state index is 0.0549. The van der Waals surface area contributed by atoms with Crippen LogP contribution in [0.2, 0.25) is 0 Å². The number of piperidine rings is 1. The van der Waals surface area contributed by atoms with Crippen molar-refractivity contribution in [3.8, 4) is 0 Å². The molecule has 0 spiro atoms. The number of rotatable bonds is 1. The van der Waals surface area contributed by atoms with E-state index >= 15 is 0 Å². The van der Waals surface area contributed by atoms with Gasteiger partial charge in [-0.15, -0.1) is 0 Å². The van der Waals surface area contributed by atoms with Gasteiger partial charge in [-0.3, -0.25) is 4.79 Å². The SMILES string of the molecule is CC1COCCN1C(=O)[C@@H]1CCCCN1. The minimum atomic E-state index is 0.0549. The van der Waals surface area contributed by atoms with Crippen molar-refractivity contribution in [1.82, 2.24) is 10.2 Å². The van der Waals surface area contributed by atoms with Crippen LogP contribution < -0.4 is 5.32 Å². The molecule has 2 saturated heterocycles. The van der Waals surface area contributed by atoms with E-state index in [-0.39, 0.29) is 18.0 Å². The maximum atomic E-state index is 12.2. The van der Waals surface area contributed by atoms with Crippen LogP contribution in [0.3, 0.4) is 0 Å². The van der Waals surface area contributed by atoms with Crippen molar-refractivity contribution < 1.29 is 9.53 Å². The maximum Gasteiger partial charge on any atom is 0.240 e. The fraction of sp³-hybridized carbons (Fsp3) is 0.909. The summed E-state index contributed by atoms with van der Waals surface area (Å²) in [5, 5.41) is 3.30. The van der Waals surface area contributed by atoms with Gasteiger partial charge in [-0.1, -0.05) is 6.42 Å². The summed E-state index contributed by atoms with van der Waals surface area (Å²) in [7, 11) is 0. The summed E-state index contributed by atoms with van der Waals surface area (Å²) in [4.78, 5) is 14.1. The van der Waals surface area contributed by atoms with Crippen LogP contribution in [-0.2, 0) is 9.53 Å². The Morgan fingerprint density at radius 2 is 2.33 bits per heavy atom. The zero-order chi connectivity index (χ0) is 10.7. The van der Waals surface area contributed by atoms with Gasteiger partial charge in [0.05, 0.1) is 25.3 Å². The number of carbonyl (C=O) groups excluding carboxylic acids is 1. The molecule has 1 N–H and O–H groups in total. The molecule has 0 saturated carbocycles. The van der Waals surface area contributed by atoms with Gasteiger partial charge in [-0.05, 0) is 26.3 Å². The lowest BCUT2D eigenvalue weighted by atomic mass is 10.0. The van der Waals surface area contributed by atoms with Crippen molar-refractivity contribution in [3.63, 3.8) is 0 Å². The second kappa shape index (κ2) is 4.94. The molecular weight excluding hydrogens is 192 g/mol. The number of morpholine rings is 1. The van der Waals surface area contributed by atoms with Crippen molar-refractivity contribution in [2.45, 2.75) is 38.3 Å². The predicted octanol–water partition coefficient (Wildman–Crippen LogP) is 0.376. The zero-order valence-corrected chi connectivity index (χ0v) is 9.37. The lowest BCUT2D eigenvalue weighted by Crippen LogP contribution is -2.55. The van der Waals surface area contributed by atoms with Crippen LogP contribution in [0.5, 0.6) is 0 Å². The molecule has 0 aromatic heterocycles. The molecule has 4 heteroatoms. The highest BCUT2D eigenvalue weighted by Crippen LogP contribution is 2.13. The summed E-state index contributed by atoms with van der Waals surface area (Å²) in [5.41, 5.74) is 0. The van der Waals surface area contributed by atoms with E-state index in [1.165, 1.54) is 12.8 Å². The second-order valence-electron chi connectivity index (χ2n) is 4.46. The van der Waals surface area contributed by atoms with Gasteiger partial charge in [-0.25, -0.2) is 0 Å². The highest BCUT2D eigenvalue weighted by atomic mass is 16.5. The van der Waals surface area contributed by atoms with Crippen molar-refractivity contribution in [1.29, 1.82) is 0 Å². The molecule has 2 atom stereocenters. The van der Waals surface area contributed by atoms with Crippen LogP contribution in [0, 0.1) is 0 Å². The summed E-state index contributed by atoms with van der Waals surface area (Å²) in [6.07, 6.45) is 3.35. The Balaban J connectivity index is 1.92. The van der Waals surface area contributed by atoms with E-state index in [9.17, 15) is 4.79 Å². The Bertz CT molecular complexity index is 227. The molecule has 0 aromatic carbocycles. The molecule has 0 aliphatic carbocycles. The molecule has 2 aliphatic heterocycles. The summed E-state index contributed by atoms with van der Waals surface area (Å²) in [6, 6.07) is 0.286. The molecule has 2 fully saturated rings. The molecule has 86 valence electrons. The first-order valence-corrected chi connectivity index (χ1v) is 5.90. The quantitative estimate of drug-likeness (QED) is 0.683. The normalized spacial score (nSPS) is 32.7. The average Bonchev–Trinajstić information content (AvgIpc) is 2.30. The number of nitrogens with one attached hydrogen (secondary N) is 1. The van der Waals surface area contributed by atoms with E-state index in [1.807, 2.05) is 4.90 Å². The van der Waals surface area contributed by atoms with Crippen LogP contribution in [0.15, 0.2) is 0 Å². The highest BCUT2D eigenvalue weighted by molar-refractivity contribution is 5.82. The number of ether oxygens (including phenoxy) is 1. The molecule has 15 heavy (non-hydrogen) atoms. The van der Waals surface area contributed by atoms with Crippen LogP contribution in [0.1, 0.15) is 26.2 Å². The first-order chi connectivity index (χ1) is 7.29. The maximum absolute atomic E-state index is 12.2. The van der Waals surface area contributed by atoms with Crippen molar-refractivity contribution in [2.24, 2.45) is 0 Å². The fourth-order valence-corrected chi connectivity index (χ4v) is 2.32. The molecule has 4 nitrogen and oxygen atoms in total. The standard InChI is InChI=1S/C11H20N2O2/c1-9-8-15-7-6-13(9)11(14)10-4-2-3-5-12-10/h9-10,12H,2-8H2,1H3/t9?,10-/m0/s1. The third-order valence-corrected chi connectivity index (χ3v) is 3.26. The third-order valence-electron chi connectivity index (χ3n) is 3.26. The monoisotopic (exact) mass is 212 g/mol. The molecule has 0 bridgehead atoms. The van der Waals surface area contributed by atoms with E-state index in [0.717, 1.165) is 19.5 Å². The van der Waals surface area contributed by atoms with E-state index in [0.29, 0.717) is 13.2 Å². The molecule has 1 unspecified atom stereocenters. The van der Waals surface area contributed by atoms with Gasteiger partial charge >= 0.3 is 0 Å². The molecular formula is C11H20N2O2. The lowest BCUT2D eigenvalue weighted by Gasteiger charge is -2.36. The van der Waals surface area contributed by atoms with Crippen molar-refractivity contribution in [2.75, 3.05) is 26.3 Å². The predicted molar refractivity (Wildman–Crippen MR) is 57.6 cm³/mol. The van der Waals surface area contributed by atoms with E-state index in [1.54, 1.807) is 0 Å². The summed E-state index contributed by atoms with van der Waals surface area (Å²) >= 11 is 0. The Labute approximate surface area is 91.0 Å². The Hall–Kier alpha value is -0.610. The first-order valence-electron chi connectivity index (χ1n) is 5.90. The summed E-state index contributed by atoms with van der Waals surface area (Å²) < 4.78 is 5.34. The summed E-state index contributed by atoms with van der Waals surface area (Å²) in [5.74, 6) is 0.269. The van der Waals surface area contributed by atoms with E-state index < -0.39 is 0 Å². The lowest BCUT2D eigenvalue weighted by molar-refractivity contribution is -0.141. The molecule has 2 aliphatic rings. The Kier molecular flexibility index (Phi) is 3.59. The molecule has 2 rings (SSSR count). The van der Waals surface area contributed by atoms with Gasteiger partial charge < -0.3 is 15.0 Å². The van der Waals surface area contributed by atoms with Gasteiger partial charge in [0, 0.05) is 6.54 Å². The van der Waals surface area contributed by atoms with Crippen molar-refractivity contribution >= 4 is 5.91 Å². The number of nitrogens with zero attached hydrogens (tertiary/aromatic N) is 1. The van der Waals surface area contributed by atoms with Crippen molar-refractivity contribution in [3.05, 3.63) is 0 Å². The Morgan fingerprint density at radius 1 is 1.47 bits per heavy atom. The first kappa shape index (κ1) is 10.9. The Morgan fingerprint density at radius 3 is 3.00 bits per heavy atom. The third kappa shape index (κ3) is 2.49. The van der Waals surface area contributed by atoms with E-state index in [2.05, 4.69) is 12.2 Å². The number of amides is 1. The average molecular weight is 212 g/mol. The van der Waals surface area contributed by atoms with Crippen LogP contribution >= 0.6 is 0 Å². The van der Waals surface area contributed by atoms with Gasteiger partial charge in [-0.2, -0.15) is 0 Å². The largest absolute Gasteiger partial charge is 0.377 e. The topological polar surface area (TPSA) is 41.6 Å². The number of hydrogen-bond acceptors (Lipinski definition) is 3. The van der Waals surface area contributed by atoms with Crippen LogP contribution in [-0.4, -0.2) is 49.2 Å². The molecule has 0 radical (unpaired) electrons. The zero-order valence-electron chi connectivity index (χ0n) is 9.37. The fourth-order valence-electron chi connectivity index (χ4n) is 2.32. The van der Waals surface area contributed by atoms with Gasteiger partial charge in [0.25, 0.3) is 0 Å². The van der Waals surface area contributed by atoms with Gasteiger partial charge in [0.1, 0.15) is 0 Å². The molecule has 0 aromatic rings. The van der Waals surface area contributed by atoms with Gasteiger partial charge in [0.2, 0.25) is 5.91 Å². The minimum Gasteiger partial charge on any atom is -0.377 e.